The zero-order chi connectivity index (χ0) is 22.5. The Balaban J connectivity index is 1.26. The van der Waals surface area contributed by atoms with Crippen LogP contribution >= 0.6 is 0 Å². The van der Waals surface area contributed by atoms with Crippen LogP contribution in [-0.4, -0.2) is 42.3 Å². The van der Waals surface area contributed by atoms with Crippen LogP contribution in [0.1, 0.15) is 43.0 Å². The summed E-state index contributed by atoms with van der Waals surface area (Å²) in [5, 5.41) is 5.79. The van der Waals surface area contributed by atoms with Crippen LogP contribution in [0.15, 0.2) is 48.5 Å². The van der Waals surface area contributed by atoms with Crippen molar-refractivity contribution in [2.75, 3.05) is 30.3 Å². The van der Waals surface area contributed by atoms with Gasteiger partial charge >= 0.3 is 0 Å². The first-order valence-corrected chi connectivity index (χ1v) is 11.3. The second-order valence-electron chi connectivity index (χ2n) is 8.35. The van der Waals surface area contributed by atoms with Crippen LogP contribution < -0.4 is 15.4 Å². The molecule has 2 aromatic carbocycles. The number of rotatable bonds is 7. The average molecular weight is 436 g/mol. The van der Waals surface area contributed by atoms with Gasteiger partial charge in [0.25, 0.3) is 5.91 Å². The van der Waals surface area contributed by atoms with Crippen molar-refractivity contribution in [2.24, 2.45) is 11.8 Å². The molecule has 32 heavy (non-hydrogen) atoms. The van der Waals surface area contributed by atoms with Crippen molar-refractivity contribution in [3.8, 4) is 5.75 Å². The summed E-state index contributed by atoms with van der Waals surface area (Å²) in [7, 11) is 0. The monoisotopic (exact) mass is 435 g/mol. The number of nitrogens with zero attached hydrogens (tertiary/aromatic N) is 1. The Kier molecular flexibility index (Phi) is 6.73. The summed E-state index contributed by atoms with van der Waals surface area (Å²) in [5.74, 6) is 0.884. The fourth-order valence-electron chi connectivity index (χ4n) is 3.90. The minimum Gasteiger partial charge on any atom is -0.494 e. The van der Waals surface area contributed by atoms with E-state index in [0.717, 1.165) is 18.6 Å². The first kappa shape index (κ1) is 21.9. The molecular weight excluding hydrogens is 406 g/mol. The van der Waals surface area contributed by atoms with Crippen molar-refractivity contribution < 1.29 is 19.1 Å². The van der Waals surface area contributed by atoms with E-state index in [9.17, 15) is 14.4 Å². The maximum atomic E-state index is 12.6. The first-order chi connectivity index (χ1) is 15.5. The van der Waals surface area contributed by atoms with Crippen molar-refractivity contribution >= 4 is 29.1 Å². The van der Waals surface area contributed by atoms with Gasteiger partial charge in [-0.25, -0.2) is 0 Å². The van der Waals surface area contributed by atoms with Crippen LogP contribution in [0.3, 0.4) is 0 Å². The first-order valence-electron chi connectivity index (χ1n) is 11.3. The minimum absolute atomic E-state index is 0.0323. The number of piperidine rings is 1. The molecule has 2 fully saturated rings. The molecule has 0 radical (unpaired) electrons. The summed E-state index contributed by atoms with van der Waals surface area (Å²) in [6.07, 6.45) is 3.39. The Morgan fingerprint density at radius 3 is 2.03 bits per heavy atom. The van der Waals surface area contributed by atoms with Crippen LogP contribution in [0.4, 0.5) is 11.4 Å². The van der Waals surface area contributed by atoms with Gasteiger partial charge in [-0.1, -0.05) is 0 Å². The minimum atomic E-state index is -0.222. The molecule has 0 atom stereocenters. The fourth-order valence-corrected chi connectivity index (χ4v) is 3.90. The van der Waals surface area contributed by atoms with Crippen molar-refractivity contribution in [1.82, 2.24) is 4.90 Å². The number of carbonyl (C=O) groups excluding carboxylic acids is 3. The van der Waals surface area contributed by atoms with Crippen LogP contribution in [0.2, 0.25) is 0 Å². The number of ether oxygens (including phenoxy) is 1. The van der Waals surface area contributed by atoms with Gasteiger partial charge in [-0.05, 0) is 81.1 Å². The second-order valence-corrected chi connectivity index (χ2v) is 8.35. The zero-order valence-electron chi connectivity index (χ0n) is 18.3. The Hall–Kier alpha value is -3.35. The van der Waals surface area contributed by atoms with Gasteiger partial charge in [0.1, 0.15) is 5.75 Å². The highest BCUT2D eigenvalue weighted by Crippen LogP contribution is 2.32. The third kappa shape index (κ3) is 5.46. The number of likely N-dealkylation sites (tertiary alicyclic amines) is 1. The van der Waals surface area contributed by atoms with Gasteiger partial charge in [-0.2, -0.15) is 0 Å². The molecular formula is C25H29N3O4. The summed E-state index contributed by atoms with van der Waals surface area (Å²) in [6.45, 7) is 3.81. The molecule has 168 valence electrons. The number of amides is 3. The lowest BCUT2D eigenvalue weighted by molar-refractivity contribution is -0.135. The lowest BCUT2D eigenvalue weighted by Crippen LogP contribution is -2.42. The van der Waals surface area contributed by atoms with Crippen LogP contribution in [0.25, 0.3) is 0 Å². The molecule has 2 N–H and O–H groups in total. The smallest absolute Gasteiger partial charge is 0.255 e. The normalized spacial score (nSPS) is 16.3. The third-order valence-corrected chi connectivity index (χ3v) is 5.94. The zero-order valence-corrected chi connectivity index (χ0v) is 18.3. The Labute approximate surface area is 188 Å². The maximum absolute atomic E-state index is 12.6. The largest absolute Gasteiger partial charge is 0.494 e. The number of benzene rings is 2. The molecule has 3 amide bonds. The SMILES string of the molecule is CCOc1ccc(NC(=O)c2ccc(NC(=O)C3CCN(C(=O)C4CC4)CC3)cc2)cc1. The summed E-state index contributed by atoms with van der Waals surface area (Å²) in [4.78, 5) is 39.2. The van der Waals surface area contributed by atoms with E-state index in [2.05, 4.69) is 10.6 Å². The van der Waals surface area contributed by atoms with Crippen LogP contribution in [0, 0.1) is 11.8 Å². The standard InChI is InChI=1S/C25H29N3O4/c1-2-32-22-11-9-21(10-12-22)27-23(29)17-5-7-20(8-6-17)26-24(30)18-13-15-28(16-14-18)25(31)19-3-4-19/h5-12,18-19H,2-4,13-16H2,1H3,(H,26,30)(H,27,29). The molecule has 0 bridgehead atoms. The van der Waals surface area contributed by atoms with Crippen molar-refractivity contribution in [1.29, 1.82) is 0 Å². The van der Waals surface area contributed by atoms with E-state index in [-0.39, 0.29) is 29.6 Å². The summed E-state index contributed by atoms with van der Waals surface area (Å²) < 4.78 is 5.40. The summed E-state index contributed by atoms with van der Waals surface area (Å²) in [5.41, 5.74) is 1.84. The molecule has 0 aromatic heterocycles. The predicted molar refractivity (Wildman–Crippen MR) is 123 cm³/mol. The van der Waals surface area contributed by atoms with E-state index < -0.39 is 0 Å². The second kappa shape index (κ2) is 9.85. The van der Waals surface area contributed by atoms with Gasteiger partial charge in [0.05, 0.1) is 6.61 Å². The van der Waals surface area contributed by atoms with E-state index >= 15 is 0 Å². The van der Waals surface area contributed by atoms with Gasteiger partial charge < -0.3 is 20.3 Å². The van der Waals surface area contributed by atoms with E-state index in [4.69, 9.17) is 4.74 Å². The molecule has 4 rings (SSSR count). The van der Waals surface area contributed by atoms with Gasteiger partial charge in [0, 0.05) is 41.9 Å². The van der Waals surface area contributed by atoms with E-state index in [0.29, 0.717) is 49.5 Å². The lowest BCUT2D eigenvalue weighted by Gasteiger charge is -2.31. The van der Waals surface area contributed by atoms with Gasteiger partial charge in [-0.3, -0.25) is 14.4 Å². The Morgan fingerprint density at radius 2 is 1.44 bits per heavy atom. The quantitative estimate of drug-likeness (QED) is 0.690. The van der Waals surface area contributed by atoms with E-state index in [1.54, 1.807) is 36.4 Å². The molecule has 2 aromatic rings. The summed E-state index contributed by atoms with van der Waals surface area (Å²) >= 11 is 0. The highest BCUT2D eigenvalue weighted by molar-refractivity contribution is 6.04. The van der Waals surface area contributed by atoms with E-state index in [1.807, 2.05) is 24.0 Å². The molecule has 1 heterocycles. The number of hydrogen-bond acceptors (Lipinski definition) is 4. The molecule has 2 aliphatic rings. The molecule has 0 spiro atoms. The van der Waals surface area contributed by atoms with Crippen molar-refractivity contribution in [3.63, 3.8) is 0 Å². The van der Waals surface area contributed by atoms with Crippen LogP contribution in [-0.2, 0) is 9.59 Å². The van der Waals surface area contributed by atoms with E-state index in [1.165, 1.54) is 0 Å². The molecule has 1 aliphatic heterocycles. The average Bonchev–Trinajstić information content (AvgIpc) is 3.66. The fraction of sp³-hybridized carbons (Fsp3) is 0.400. The van der Waals surface area contributed by atoms with Gasteiger partial charge in [-0.15, -0.1) is 0 Å². The molecule has 1 saturated heterocycles. The number of carbonyl (C=O) groups is 3. The lowest BCUT2D eigenvalue weighted by atomic mass is 9.95. The molecule has 1 aliphatic carbocycles. The number of nitrogens with one attached hydrogen (secondary N) is 2. The molecule has 7 nitrogen and oxygen atoms in total. The number of anilines is 2. The molecule has 1 saturated carbocycles. The molecule has 0 unspecified atom stereocenters. The highest BCUT2D eigenvalue weighted by Gasteiger charge is 2.35. The van der Waals surface area contributed by atoms with Crippen molar-refractivity contribution in [3.05, 3.63) is 54.1 Å². The van der Waals surface area contributed by atoms with Gasteiger partial charge in [0.2, 0.25) is 11.8 Å². The predicted octanol–water partition coefficient (Wildman–Crippen LogP) is 3.92. The number of hydrogen-bond donors (Lipinski definition) is 2. The topological polar surface area (TPSA) is 87.7 Å². The molecule has 7 heteroatoms. The Bertz CT molecular complexity index is 960. The Morgan fingerprint density at radius 1 is 0.844 bits per heavy atom. The third-order valence-electron chi connectivity index (χ3n) is 5.94. The van der Waals surface area contributed by atoms with Gasteiger partial charge in [0.15, 0.2) is 0 Å². The maximum Gasteiger partial charge on any atom is 0.255 e. The summed E-state index contributed by atoms with van der Waals surface area (Å²) in [6, 6.07) is 14.1. The van der Waals surface area contributed by atoms with Crippen molar-refractivity contribution in [2.45, 2.75) is 32.6 Å². The van der Waals surface area contributed by atoms with Crippen LogP contribution in [0.5, 0.6) is 5.75 Å². The highest BCUT2D eigenvalue weighted by atomic mass is 16.5.